The minimum atomic E-state index is 0.295. The number of phenols is 1. The summed E-state index contributed by atoms with van der Waals surface area (Å²) >= 11 is 3.51. The smallest absolute Gasteiger partial charge is 0.175 e. The summed E-state index contributed by atoms with van der Waals surface area (Å²) in [5.74, 6) is 1.82. The Bertz CT molecular complexity index is 673. The monoisotopic (exact) mass is 349 g/mol. The molecule has 0 radical (unpaired) electrons. The molecule has 1 heterocycles. The van der Waals surface area contributed by atoms with Gasteiger partial charge in [-0.2, -0.15) is 0 Å². The molecule has 0 atom stereocenters. The van der Waals surface area contributed by atoms with Gasteiger partial charge >= 0.3 is 0 Å². The Morgan fingerprint density at radius 3 is 2.81 bits per heavy atom. The summed E-state index contributed by atoms with van der Waals surface area (Å²) in [6.45, 7) is 3.66. The summed E-state index contributed by atoms with van der Waals surface area (Å²) in [7, 11) is 0. The number of aromatic hydroxyl groups is 1. The average Bonchev–Trinajstić information content (AvgIpc) is 2.49. The number of nitrogens with one attached hydrogen (secondary N) is 1. The number of fused-ring (bicyclic) bond motifs is 1. The molecule has 0 unspecified atom stereocenters. The molecule has 1 aliphatic rings. The highest BCUT2D eigenvalue weighted by Gasteiger charge is 2.16. The van der Waals surface area contributed by atoms with Gasteiger partial charge in [0.25, 0.3) is 0 Å². The molecular formula is C16H16BrNO3. The van der Waals surface area contributed by atoms with Crippen molar-refractivity contribution in [3.8, 4) is 17.2 Å². The van der Waals surface area contributed by atoms with Gasteiger partial charge in [-0.15, -0.1) is 0 Å². The van der Waals surface area contributed by atoms with Crippen molar-refractivity contribution in [2.24, 2.45) is 0 Å². The maximum Gasteiger partial charge on any atom is 0.175 e. The van der Waals surface area contributed by atoms with Gasteiger partial charge in [0, 0.05) is 18.3 Å². The van der Waals surface area contributed by atoms with Crippen LogP contribution in [0.4, 0.5) is 5.69 Å². The highest BCUT2D eigenvalue weighted by atomic mass is 79.9. The fourth-order valence-corrected chi connectivity index (χ4v) is 2.79. The van der Waals surface area contributed by atoms with E-state index in [9.17, 15) is 5.11 Å². The summed E-state index contributed by atoms with van der Waals surface area (Å²) in [5, 5.41) is 13.0. The second kappa shape index (κ2) is 5.85. The Labute approximate surface area is 131 Å². The number of ether oxygens (including phenoxy) is 2. The molecule has 4 nitrogen and oxygen atoms in total. The van der Waals surface area contributed by atoms with Crippen LogP contribution in [0.5, 0.6) is 17.2 Å². The van der Waals surface area contributed by atoms with Gasteiger partial charge in [0.15, 0.2) is 11.5 Å². The molecule has 2 aromatic carbocycles. The molecule has 2 aromatic rings. The third-order valence-corrected chi connectivity index (χ3v) is 3.95. The highest BCUT2D eigenvalue weighted by molar-refractivity contribution is 9.10. The molecule has 2 N–H and O–H groups in total. The second-order valence-corrected chi connectivity index (χ2v) is 5.81. The largest absolute Gasteiger partial charge is 0.508 e. The third kappa shape index (κ3) is 3.08. The molecule has 0 saturated heterocycles. The van der Waals surface area contributed by atoms with E-state index in [4.69, 9.17) is 9.47 Å². The van der Waals surface area contributed by atoms with Crippen LogP contribution in [0.25, 0.3) is 0 Å². The molecule has 0 fully saturated rings. The molecule has 0 saturated carbocycles. The lowest BCUT2D eigenvalue weighted by Gasteiger charge is -2.20. The van der Waals surface area contributed by atoms with Gasteiger partial charge in [0.05, 0.1) is 4.47 Å². The minimum Gasteiger partial charge on any atom is -0.508 e. The number of benzene rings is 2. The van der Waals surface area contributed by atoms with Crippen molar-refractivity contribution < 1.29 is 14.6 Å². The van der Waals surface area contributed by atoms with Gasteiger partial charge in [-0.1, -0.05) is 6.07 Å². The molecular weight excluding hydrogens is 334 g/mol. The Balaban J connectivity index is 1.76. The summed E-state index contributed by atoms with van der Waals surface area (Å²) in [5.41, 5.74) is 2.82. The van der Waals surface area contributed by atoms with Gasteiger partial charge in [0.1, 0.15) is 19.0 Å². The SMILES string of the molecule is Cc1ccc(NCc2cc(Br)c3c(c2)OCCO3)cc1O. The lowest BCUT2D eigenvalue weighted by Crippen LogP contribution is -2.16. The summed E-state index contributed by atoms with van der Waals surface area (Å²) in [6.07, 6.45) is 0. The maximum absolute atomic E-state index is 9.72. The molecule has 5 heteroatoms. The molecule has 0 amide bonds. The molecule has 21 heavy (non-hydrogen) atoms. The molecule has 110 valence electrons. The van der Waals surface area contributed by atoms with Gasteiger partial charge in [-0.3, -0.25) is 0 Å². The van der Waals surface area contributed by atoms with Crippen molar-refractivity contribution in [1.29, 1.82) is 0 Å². The van der Waals surface area contributed by atoms with E-state index in [1.807, 2.05) is 31.2 Å². The van der Waals surface area contributed by atoms with Crippen LogP contribution in [-0.4, -0.2) is 18.3 Å². The molecule has 0 bridgehead atoms. The number of rotatable bonds is 3. The van der Waals surface area contributed by atoms with Crippen LogP contribution in [0.2, 0.25) is 0 Å². The Hall–Kier alpha value is -1.88. The number of anilines is 1. The summed E-state index contributed by atoms with van der Waals surface area (Å²) < 4.78 is 12.1. The van der Waals surface area contributed by atoms with Crippen LogP contribution < -0.4 is 14.8 Å². The average molecular weight is 350 g/mol. The fourth-order valence-electron chi connectivity index (χ4n) is 2.19. The lowest BCUT2D eigenvalue weighted by atomic mass is 10.1. The van der Waals surface area contributed by atoms with Crippen LogP contribution in [0.15, 0.2) is 34.8 Å². The predicted octanol–water partition coefficient (Wildman–Crippen LogP) is 3.85. The summed E-state index contributed by atoms with van der Waals surface area (Å²) in [6, 6.07) is 9.54. The predicted molar refractivity (Wildman–Crippen MR) is 85.3 cm³/mol. The van der Waals surface area contributed by atoms with E-state index in [0.29, 0.717) is 25.5 Å². The number of hydrogen-bond donors (Lipinski definition) is 2. The van der Waals surface area contributed by atoms with Crippen LogP contribution in [-0.2, 0) is 6.54 Å². The zero-order valence-corrected chi connectivity index (χ0v) is 13.2. The zero-order valence-electron chi connectivity index (χ0n) is 11.6. The first-order valence-corrected chi connectivity index (χ1v) is 7.54. The van der Waals surface area contributed by atoms with E-state index in [-0.39, 0.29) is 0 Å². The standard InChI is InChI=1S/C16H16BrNO3/c1-10-2-3-12(8-14(10)19)18-9-11-6-13(17)16-15(7-11)20-4-5-21-16/h2-3,6-8,18-19H,4-5,9H2,1H3. The van der Waals surface area contributed by atoms with Crippen molar-refractivity contribution in [1.82, 2.24) is 0 Å². The second-order valence-electron chi connectivity index (χ2n) is 4.96. The molecule has 0 aromatic heterocycles. The van der Waals surface area contributed by atoms with Gasteiger partial charge in [-0.25, -0.2) is 0 Å². The van der Waals surface area contributed by atoms with Crippen LogP contribution in [0.3, 0.4) is 0 Å². The summed E-state index contributed by atoms with van der Waals surface area (Å²) in [4.78, 5) is 0. The van der Waals surface area contributed by atoms with Crippen LogP contribution in [0, 0.1) is 6.92 Å². The van der Waals surface area contributed by atoms with Crippen molar-refractivity contribution in [3.05, 3.63) is 45.9 Å². The van der Waals surface area contributed by atoms with Crippen LogP contribution >= 0.6 is 15.9 Å². The zero-order chi connectivity index (χ0) is 14.8. The molecule has 3 rings (SSSR count). The van der Waals surface area contributed by atoms with E-state index in [0.717, 1.165) is 32.8 Å². The Morgan fingerprint density at radius 1 is 1.19 bits per heavy atom. The third-order valence-electron chi connectivity index (χ3n) is 3.36. The van der Waals surface area contributed by atoms with Crippen molar-refractivity contribution in [3.63, 3.8) is 0 Å². The van der Waals surface area contributed by atoms with Gasteiger partial charge < -0.3 is 19.9 Å². The minimum absolute atomic E-state index is 0.295. The van der Waals surface area contributed by atoms with Crippen molar-refractivity contribution in [2.75, 3.05) is 18.5 Å². The van der Waals surface area contributed by atoms with Crippen LogP contribution in [0.1, 0.15) is 11.1 Å². The first-order valence-electron chi connectivity index (χ1n) is 6.75. The highest BCUT2D eigenvalue weighted by Crippen LogP contribution is 2.38. The molecule has 0 aliphatic carbocycles. The lowest BCUT2D eigenvalue weighted by molar-refractivity contribution is 0.170. The van der Waals surface area contributed by atoms with E-state index in [1.54, 1.807) is 6.07 Å². The van der Waals surface area contributed by atoms with E-state index >= 15 is 0 Å². The molecule has 1 aliphatic heterocycles. The number of phenolic OH excluding ortho intramolecular Hbond substituents is 1. The van der Waals surface area contributed by atoms with Gasteiger partial charge in [0.2, 0.25) is 0 Å². The van der Waals surface area contributed by atoms with Gasteiger partial charge in [-0.05, 0) is 52.2 Å². The number of aryl methyl sites for hydroxylation is 1. The van der Waals surface area contributed by atoms with E-state index in [1.165, 1.54) is 0 Å². The van der Waals surface area contributed by atoms with Crippen molar-refractivity contribution in [2.45, 2.75) is 13.5 Å². The Morgan fingerprint density at radius 2 is 2.00 bits per heavy atom. The molecule has 0 spiro atoms. The maximum atomic E-state index is 9.72. The first kappa shape index (κ1) is 14.1. The Kier molecular flexibility index (Phi) is 3.92. The first-order chi connectivity index (χ1) is 10.1. The quantitative estimate of drug-likeness (QED) is 0.883. The fraction of sp³-hybridized carbons (Fsp3) is 0.250. The van der Waals surface area contributed by atoms with Crippen molar-refractivity contribution >= 4 is 21.6 Å². The number of hydrogen-bond acceptors (Lipinski definition) is 4. The number of halogens is 1. The van der Waals surface area contributed by atoms with E-state index in [2.05, 4.69) is 21.2 Å². The topological polar surface area (TPSA) is 50.7 Å². The van der Waals surface area contributed by atoms with E-state index < -0.39 is 0 Å². The normalized spacial score (nSPS) is 13.0.